The van der Waals surface area contributed by atoms with Crippen molar-refractivity contribution in [3.05, 3.63) is 51.2 Å². The highest BCUT2D eigenvalue weighted by atomic mass is 35.5. The summed E-state index contributed by atoms with van der Waals surface area (Å²) in [4.78, 5) is 37.5. The summed E-state index contributed by atoms with van der Waals surface area (Å²) in [6.07, 6.45) is 2.86. The van der Waals surface area contributed by atoms with Gasteiger partial charge >= 0.3 is 0 Å². The van der Waals surface area contributed by atoms with Crippen molar-refractivity contribution >= 4 is 56.3 Å². The molecule has 136 valence electrons. The highest BCUT2D eigenvalue weighted by molar-refractivity contribution is 8.18. The number of halogens is 1. The average Bonchev–Trinajstić information content (AvgIpc) is 3.03. The minimum atomic E-state index is -3.31. The zero-order chi connectivity index (χ0) is 18.9. The molecule has 1 aromatic carbocycles. The summed E-state index contributed by atoms with van der Waals surface area (Å²) in [6.45, 7) is -0.477. The minimum absolute atomic E-state index is 0.166. The van der Waals surface area contributed by atoms with Crippen LogP contribution in [0.2, 0.25) is 5.02 Å². The van der Waals surface area contributed by atoms with Crippen LogP contribution in [0.15, 0.2) is 40.7 Å². The Morgan fingerprint density at radius 2 is 2.08 bits per heavy atom. The zero-order valence-electron chi connectivity index (χ0n) is 13.2. The molecule has 2 heterocycles. The molecule has 1 saturated heterocycles. The fraction of sp³-hybridized carbons (Fsp3) is 0.188. The molecule has 1 aromatic rings. The molecule has 2 aliphatic rings. The first-order valence-corrected chi connectivity index (χ1v) is 10.4. The zero-order valence-corrected chi connectivity index (χ0v) is 15.6. The third-order valence-corrected chi connectivity index (χ3v) is 6.29. The minimum Gasteiger partial charge on any atom is -0.347 e. The molecule has 0 saturated carbocycles. The largest absolute Gasteiger partial charge is 0.347 e. The molecular formula is C16H13ClN2O5S2. The van der Waals surface area contributed by atoms with E-state index in [0.29, 0.717) is 10.6 Å². The van der Waals surface area contributed by atoms with Crippen molar-refractivity contribution in [2.75, 3.05) is 12.3 Å². The fourth-order valence-electron chi connectivity index (χ4n) is 2.43. The summed E-state index contributed by atoms with van der Waals surface area (Å²) in [5, 5.41) is 3.37. The van der Waals surface area contributed by atoms with Gasteiger partial charge in [-0.15, -0.1) is 0 Å². The van der Waals surface area contributed by atoms with E-state index in [9.17, 15) is 22.8 Å². The maximum atomic E-state index is 12.4. The number of hydrogen-bond acceptors (Lipinski definition) is 6. The lowest BCUT2D eigenvalue weighted by Gasteiger charge is -2.14. The number of imide groups is 1. The van der Waals surface area contributed by atoms with E-state index in [-0.39, 0.29) is 10.7 Å². The molecule has 0 bridgehead atoms. The van der Waals surface area contributed by atoms with Gasteiger partial charge < -0.3 is 5.32 Å². The van der Waals surface area contributed by atoms with Crippen LogP contribution in [0, 0.1) is 0 Å². The molecule has 3 amide bonds. The van der Waals surface area contributed by atoms with E-state index in [1.807, 2.05) is 0 Å². The predicted molar refractivity (Wildman–Crippen MR) is 99.0 cm³/mol. The summed E-state index contributed by atoms with van der Waals surface area (Å²) in [5.41, 5.74) is 0.588. The first-order chi connectivity index (χ1) is 12.2. The topological polar surface area (TPSA) is 101 Å². The Labute approximate surface area is 159 Å². The third-order valence-electron chi connectivity index (χ3n) is 3.64. The van der Waals surface area contributed by atoms with E-state index < -0.39 is 39.5 Å². The second-order valence-corrected chi connectivity index (χ2v) is 8.95. The Balaban J connectivity index is 1.67. The van der Waals surface area contributed by atoms with Crippen molar-refractivity contribution in [1.82, 2.24) is 10.2 Å². The van der Waals surface area contributed by atoms with Crippen LogP contribution in [0.5, 0.6) is 0 Å². The smallest absolute Gasteiger partial charge is 0.294 e. The van der Waals surface area contributed by atoms with Gasteiger partial charge in [0.05, 0.1) is 16.7 Å². The van der Waals surface area contributed by atoms with E-state index in [0.717, 1.165) is 22.1 Å². The van der Waals surface area contributed by atoms with Crippen LogP contribution in [0.4, 0.5) is 4.79 Å². The summed E-state index contributed by atoms with van der Waals surface area (Å²) in [5.74, 6) is -1.43. The Morgan fingerprint density at radius 3 is 2.73 bits per heavy atom. The Morgan fingerprint density at radius 1 is 1.35 bits per heavy atom. The van der Waals surface area contributed by atoms with Crippen molar-refractivity contribution in [3.8, 4) is 0 Å². The second-order valence-electron chi connectivity index (χ2n) is 5.62. The molecule has 3 rings (SSSR count). The SMILES string of the molecule is O=C(CN1C(=O)SC(=Cc2ccccc2Cl)C1=O)NC1C=CS(=O)(=O)C1. The molecule has 0 aliphatic carbocycles. The van der Waals surface area contributed by atoms with Crippen LogP contribution in [-0.2, 0) is 19.4 Å². The monoisotopic (exact) mass is 412 g/mol. The number of nitrogens with one attached hydrogen (secondary N) is 1. The molecule has 7 nitrogen and oxygen atoms in total. The van der Waals surface area contributed by atoms with Crippen molar-refractivity contribution < 1.29 is 22.8 Å². The van der Waals surface area contributed by atoms with Crippen LogP contribution in [-0.4, -0.2) is 48.7 Å². The Bertz CT molecular complexity index is 955. The maximum absolute atomic E-state index is 12.4. The maximum Gasteiger partial charge on any atom is 0.294 e. The van der Waals surface area contributed by atoms with E-state index in [1.54, 1.807) is 24.3 Å². The van der Waals surface area contributed by atoms with E-state index in [2.05, 4.69) is 5.32 Å². The molecule has 0 radical (unpaired) electrons. The van der Waals surface area contributed by atoms with Crippen LogP contribution in [0.3, 0.4) is 0 Å². The van der Waals surface area contributed by atoms with Gasteiger partial charge in [-0.2, -0.15) is 0 Å². The average molecular weight is 413 g/mol. The third kappa shape index (κ3) is 4.17. The van der Waals surface area contributed by atoms with Gasteiger partial charge in [-0.1, -0.05) is 29.8 Å². The van der Waals surface area contributed by atoms with Crippen molar-refractivity contribution in [1.29, 1.82) is 0 Å². The van der Waals surface area contributed by atoms with Crippen molar-refractivity contribution in [3.63, 3.8) is 0 Å². The quantitative estimate of drug-likeness (QED) is 0.757. The van der Waals surface area contributed by atoms with Crippen LogP contribution >= 0.6 is 23.4 Å². The number of carbonyl (C=O) groups is 3. The highest BCUT2D eigenvalue weighted by Gasteiger charge is 2.37. The molecule has 1 N–H and O–H groups in total. The summed E-state index contributed by atoms with van der Waals surface area (Å²) >= 11 is 6.76. The number of sulfone groups is 1. The van der Waals surface area contributed by atoms with Gasteiger partial charge in [0, 0.05) is 10.4 Å². The lowest BCUT2D eigenvalue weighted by molar-refractivity contribution is -0.129. The van der Waals surface area contributed by atoms with Gasteiger partial charge in [-0.3, -0.25) is 19.3 Å². The molecule has 0 spiro atoms. The Hall–Kier alpha value is -2.10. The van der Waals surface area contributed by atoms with E-state index in [4.69, 9.17) is 11.6 Å². The summed E-state index contributed by atoms with van der Waals surface area (Å²) in [6, 6.07) is 6.20. The number of carbonyl (C=O) groups excluding carboxylic acids is 3. The normalized spacial score (nSPS) is 23.0. The standard InChI is InChI=1S/C16H13ClN2O5S2/c17-12-4-2-1-3-10(12)7-13-15(21)19(16(22)25-13)8-14(20)18-11-5-6-26(23,24)9-11/h1-7,11H,8-9H2,(H,18,20). The Kier molecular flexibility index (Phi) is 5.22. The van der Waals surface area contributed by atoms with Gasteiger partial charge in [-0.25, -0.2) is 8.42 Å². The number of thioether (sulfide) groups is 1. The number of benzene rings is 1. The second kappa shape index (κ2) is 7.26. The molecule has 10 heteroatoms. The van der Waals surface area contributed by atoms with Crippen LogP contribution in [0.1, 0.15) is 5.56 Å². The van der Waals surface area contributed by atoms with Crippen molar-refractivity contribution in [2.24, 2.45) is 0 Å². The number of amides is 3. The van der Waals surface area contributed by atoms with E-state index in [1.165, 1.54) is 12.2 Å². The fourth-order valence-corrected chi connectivity index (χ4v) is 4.69. The lowest BCUT2D eigenvalue weighted by atomic mass is 10.2. The molecule has 26 heavy (non-hydrogen) atoms. The number of hydrogen-bond donors (Lipinski definition) is 1. The first kappa shape index (κ1) is 18.7. The predicted octanol–water partition coefficient (Wildman–Crippen LogP) is 1.80. The van der Waals surface area contributed by atoms with E-state index >= 15 is 0 Å². The van der Waals surface area contributed by atoms with Gasteiger partial charge in [-0.05, 0) is 35.5 Å². The molecule has 1 fully saturated rings. The lowest BCUT2D eigenvalue weighted by Crippen LogP contribution is -2.43. The molecule has 0 aromatic heterocycles. The van der Waals surface area contributed by atoms with Gasteiger partial charge in [0.2, 0.25) is 5.91 Å². The molecule has 2 aliphatic heterocycles. The summed E-state index contributed by atoms with van der Waals surface area (Å²) < 4.78 is 22.7. The van der Waals surface area contributed by atoms with Crippen molar-refractivity contribution in [2.45, 2.75) is 6.04 Å². The van der Waals surface area contributed by atoms with Gasteiger partial charge in [0.1, 0.15) is 6.54 Å². The van der Waals surface area contributed by atoms with Gasteiger partial charge in [0.15, 0.2) is 9.84 Å². The highest BCUT2D eigenvalue weighted by Crippen LogP contribution is 2.33. The van der Waals surface area contributed by atoms with Crippen LogP contribution in [0.25, 0.3) is 6.08 Å². The van der Waals surface area contributed by atoms with Crippen LogP contribution < -0.4 is 5.32 Å². The van der Waals surface area contributed by atoms with Gasteiger partial charge in [0.25, 0.3) is 11.1 Å². The molecular weight excluding hydrogens is 400 g/mol. The first-order valence-electron chi connectivity index (χ1n) is 7.45. The molecule has 1 atom stereocenters. The summed E-state index contributed by atoms with van der Waals surface area (Å²) in [7, 11) is -3.31. The molecule has 1 unspecified atom stereocenters. The number of nitrogens with zero attached hydrogens (tertiary/aromatic N) is 1. The number of rotatable bonds is 4.